The third-order valence-corrected chi connectivity index (χ3v) is 4.42. The number of hydrogen-bond acceptors (Lipinski definition) is 7. The van der Waals surface area contributed by atoms with Crippen molar-refractivity contribution in [2.75, 3.05) is 20.2 Å². The number of piperidine rings is 1. The van der Waals surface area contributed by atoms with E-state index in [1.54, 1.807) is 0 Å². The molecule has 0 atom stereocenters. The molecule has 1 amide bonds. The highest BCUT2D eigenvalue weighted by molar-refractivity contribution is 6.15. The van der Waals surface area contributed by atoms with Gasteiger partial charge in [0.25, 0.3) is 0 Å². The van der Waals surface area contributed by atoms with Crippen molar-refractivity contribution in [3.05, 3.63) is 58.7 Å². The Morgan fingerprint density at radius 2 is 1.31 bits per heavy atom. The minimum atomic E-state index is -0.614. The lowest BCUT2D eigenvalue weighted by Crippen LogP contribution is -2.41. The van der Waals surface area contributed by atoms with Crippen LogP contribution in [0.3, 0.4) is 0 Å². The van der Waals surface area contributed by atoms with Gasteiger partial charge >= 0.3 is 6.09 Å². The molecule has 3 rings (SSSR count). The summed E-state index contributed by atoms with van der Waals surface area (Å²) in [5.74, 6) is -1.55. The molecular formula is C21H19NO7. The van der Waals surface area contributed by atoms with E-state index in [0.29, 0.717) is 11.1 Å². The second-order valence-electron chi connectivity index (χ2n) is 6.49. The molecule has 0 unspecified atom stereocenters. The summed E-state index contributed by atoms with van der Waals surface area (Å²) in [4.78, 5) is 26.3. The van der Waals surface area contributed by atoms with Gasteiger partial charge in [-0.25, -0.2) is 4.79 Å². The largest absolute Gasteiger partial charge is 0.504 e. The van der Waals surface area contributed by atoms with Gasteiger partial charge in [-0.15, -0.1) is 0 Å². The van der Waals surface area contributed by atoms with Crippen molar-refractivity contribution >= 4 is 24.0 Å². The van der Waals surface area contributed by atoms with Gasteiger partial charge in [-0.2, -0.15) is 0 Å². The quantitative estimate of drug-likeness (QED) is 0.453. The third-order valence-electron chi connectivity index (χ3n) is 4.42. The Hall–Kier alpha value is -3.94. The molecule has 8 nitrogen and oxygen atoms in total. The molecule has 150 valence electrons. The van der Waals surface area contributed by atoms with Crippen LogP contribution in [0.15, 0.2) is 47.5 Å². The first kappa shape index (κ1) is 19.8. The zero-order valence-electron chi connectivity index (χ0n) is 15.5. The molecule has 0 aromatic heterocycles. The van der Waals surface area contributed by atoms with Gasteiger partial charge in [0.2, 0.25) is 0 Å². The number of ketones is 1. The van der Waals surface area contributed by atoms with E-state index in [1.165, 1.54) is 60.6 Å². The predicted molar refractivity (Wildman–Crippen MR) is 104 cm³/mol. The molecule has 8 heteroatoms. The fourth-order valence-electron chi connectivity index (χ4n) is 2.96. The number of ether oxygens (including phenoxy) is 1. The zero-order valence-corrected chi connectivity index (χ0v) is 15.5. The first-order valence-electron chi connectivity index (χ1n) is 8.61. The number of phenolic OH excluding ortho intramolecular Hbond substituents is 4. The zero-order chi connectivity index (χ0) is 21.1. The van der Waals surface area contributed by atoms with Crippen molar-refractivity contribution < 1.29 is 34.8 Å². The maximum atomic E-state index is 13.0. The van der Waals surface area contributed by atoms with E-state index in [4.69, 9.17) is 4.74 Å². The number of likely N-dealkylation sites (tertiary alicyclic amines) is 1. The van der Waals surface area contributed by atoms with Crippen molar-refractivity contribution in [1.29, 1.82) is 0 Å². The average Bonchev–Trinajstić information content (AvgIpc) is 2.69. The van der Waals surface area contributed by atoms with Gasteiger partial charge in [0, 0.05) is 11.1 Å². The van der Waals surface area contributed by atoms with Gasteiger partial charge < -0.3 is 25.2 Å². The first-order chi connectivity index (χ1) is 13.8. The number of nitrogens with zero attached hydrogens (tertiary/aromatic N) is 1. The van der Waals surface area contributed by atoms with Crippen LogP contribution in [0, 0.1) is 0 Å². The van der Waals surface area contributed by atoms with Crippen LogP contribution >= 0.6 is 0 Å². The smallest absolute Gasteiger partial charge is 0.410 e. The number of phenols is 4. The van der Waals surface area contributed by atoms with Crippen LogP contribution in [-0.2, 0) is 9.53 Å². The lowest BCUT2D eigenvalue weighted by atomic mass is 9.94. The predicted octanol–water partition coefficient (Wildman–Crippen LogP) is 2.63. The van der Waals surface area contributed by atoms with E-state index in [-0.39, 0.29) is 53.0 Å². The summed E-state index contributed by atoms with van der Waals surface area (Å²) in [5, 5.41) is 38.2. The monoisotopic (exact) mass is 397 g/mol. The number of Topliss-reactive ketones (excluding diaryl/α,β-unsaturated/α-hetero) is 1. The molecule has 0 radical (unpaired) electrons. The van der Waals surface area contributed by atoms with Gasteiger partial charge in [-0.1, -0.05) is 12.1 Å². The van der Waals surface area contributed by atoms with E-state index in [9.17, 15) is 30.0 Å². The van der Waals surface area contributed by atoms with E-state index in [1.807, 2.05) is 0 Å². The summed E-state index contributed by atoms with van der Waals surface area (Å²) in [7, 11) is 1.24. The minimum Gasteiger partial charge on any atom is -0.504 e. The van der Waals surface area contributed by atoms with Gasteiger partial charge in [-0.3, -0.25) is 9.69 Å². The fraction of sp³-hybridized carbons (Fsp3) is 0.143. The highest BCUT2D eigenvalue weighted by Crippen LogP contribution is 2.29. The van der Waals surface area contributed by atoms with Crippen LogP contribution in [0.5, 0.6) is 23.0 Å². The fourth-order valence-corrected chi connectivity index (χ4v) is 2.96. The summed E-state index contributed by atoms with van der Waals surface area (Å²) < 4.78 is 4.77. The molecule has 2 aromatic carbocycles. The number of carbonyl (C=O) groups excluding carboxylic acids is 2. The number of rotatable bonds is 2. The van der Waals surface area contributed by atoms with Crippen molar-refractivity contribution in [3.8, 4) is 23.0 Å². The molecule has 0 bridgehead atoms. The maximum absolute atomic E-state index is 13.0. The van der Waals surface area contributed by atoms with Crippen LogP contribution in [0.25, 0.3) is 12.2 Å². The van der Waals surface area contributed by atoms with Crippen molar-refractivity contribution in [2.24, 2.45) is 0 Å². The highest BCUT2D eigenvalue weighted by atomic mass is 16.5. The Morgan fingerprint density at radius 3 is 1.69 bits per heavy atom. The summed E-state index contributed by atoms with van der Waals surface area (Å²) >= 11 is 0. The first-order valence-corrected chi connectivity index (χ1v) is 8.61. The lowest BCUT2D eigenvalue weighted by Gasteiger charge is -2.28. The van der Waals surface area contributed by atoms with E-state index in [2.05, 4.69) is 0 Å². The molecule has 2 aromatic rings. The van der Waals surface area contributed by atoms with Crippen LogP contribution in [-0.4, -0.2) is 57.4 Å². The topological polar surface area (TPSA) is 128 Å². The average molecular weight is 397 g/mol. The Bertz CT molecular complexity index is 966. The molecule has 1 aliphatic heterocycles. The highest BCUT2D eigenvalue weighted by Gasteiger charge is 2.29. The molecular weight excluding hydrogens is 378 g/mol. The van der Waals surface area contributed by atoms with Gasteiger partial charge in [0.05, 0.1) is 20.2 Å². The number of benzene rings is 2. The molecule has 0 aliphatic carbocycles. The van der Waals surface area contributed by atoms with Crippen LogP contribution in [0.2, 0.25) is 0 Å². The number of carbonyl (C=O) groups is 2. The molecule has 29 heavy (non-hydrogen) atoms. The Kier molecular flexibility index (Phi) is 5.45. The third kappa shape index (κ3) is 4.32. The SMILES string of the molecule is COC(=O)N1C/C(=C\c2ccc(O)c(O)c2)C(=O)/C(=C/c2ccc(O)c(O)c2)C1. The van der Waals surface area contributed by atoms with E-state index in [0.717, 1.165) is 0 Å². The Balaban J connectivity index is 2.01. The summed E-state index contributed by atoms with van der Waals surface area (Å²) in [6.07, 6.45) is 2.41. The van der Waals surface area contributed by atoms with Crippen LogP contribution in [0.1, 0.15) is 11.1 Å². The molecule has 1 heterocycles. The van der Waals surface area contributed by atoms with E-state index >= 15 is 0 Å². The minimum absolute atomic E-state index is 0.00527. The second kappa shape index (κ2) is 7.97. The molecule has 1 saturated heterocycles. The maximum Gasteiger partial charge on any atom is 0.410 e. The number of methoxy groups -OCH3 is 1. The lowest BCUT2D eigenvalue weighted by molar-refractivity contribution is -0.113. The molecule has 1 aliphatic rings. The van der Waals surface area contributed by atoms with Crippen LogP contribution in [0.4, 0.5) is 4.79 Å². The summed E-state index contributed by atoms with van der Waals surface area (Å²) in [6.45, 7) is 0.0105. The summed E-state index contributed by atoms with van der Waals surface area (Å²) in [5.41, 5.74) is 1.50. The number of hydrogen-bond donors (Lipinski definition) is 4. The van der Waals surface area contributed by atoms with Crippen molar-refractivity contribution in [1.82, 2.24) is 4.90 Å². The van der Waals surface area contributed by atoms with Gasteiger partial charge in [0.15, 0.2) is 28.8 Å². The Labute approximate surface area is 166 Å². The van der Waals surface area contributed by atoms with Crippen LogP contribution < -0.4 is 0 Å². The molecule has 0 spiro atoms. The second-order valence-corrected chi connectivity index (χ2v) is 6.49. The number of amides is 1. The van der Waals surface area contributed by atoms with Crippen molar-refractivity contribution in [2.45, 2.75) is 0 Å². The standard InChI is InChI=1S/C21H19NO7/c1-29-21(28)22-10-14(6-12-2-4-16(23)18(25)8-12)20(27)15(11-22)7-13-3-5-17(24)19(26)9-13/h2-9,23-26H,10-11H2,1H3/b14-6+,15-7+. The van der Waals surface area contributed by atoms with Gasteiger partial charge in [-0.05, 0) is 47.5 Å². The number of aromatic hydroxyl groups is 4. The Morgan fingerprint density at radius 1 is 0.862 bits per heavy atom. The molecule has 0 saturated carbocycles. The van der Waals surface area contributed by atoms with Gasteiger partial charge in [0.1, 0.15) is 0 Å². The molecule has 1 fully saturated rings. The summed E-state index contributed by atoms with van der Waals surface area (Å²) in [6, 6.07) is 8.23. The normalized spacial score (nSPS) is 17.0. The van der Waals surface area contributed by atoms with Crippen molar-refractivity contribution in [3.63, 3.8) is 0 Å². The molecule has 4 N–H and O–H groups in total. The van der Waals surface area contributed by atoms with E-state index < -0.39 is 6.09 Å².